The van der Waals surface area contributed by atoms with Crippen molar-refractivity contribution in [2.45, 2.75) is 19.3 Å². The van der Waals surface area contributed by atoms with E-state index < -0.39 is 0 Å². The van der Waals surface area contributed by atoms with Crippen LogP contribution in [0, 0.1) is 11.8 Å². The van der Waals surface area contributed by atoms with Crippen LogP contribution in [-0.4, -0.2) is 50.6 Å². The van der Waals surface area contributed by atoms with Crippen LogP contribution in [0.15, 0.2) is 0 Å². The van der Waals surface area contributed by atoms with Gasteiger partial charge in [0.2, 0.25) is 5.91 Å². The van der Waals surface area contributed by atoms with Gasteiger partial charge in [0.05, 0.1) is 5.92 Å². The molecule has 2 rings (SSSR count). The van der Waals surface area contributed by atoms with Crippen molar-refractivity contribution in [2.24, 2.45) is 11.8 Å². The Balaban J connectivity index is 1.58. The minimum absolute atomic E-state index is 0.231. The van der Waals surface area contributed by atoms with Crippen molar-refractivity contribution in [3.8, 4) is 0 Å². The van der Waals surface area contributed by atoms with Crippen molar-refractivity contribution < 1.29 is 4.79 Å². The second kappa shape index (κ2) is 5.64. The van der Waals surface area contributed by atoms with Gasteiger partial charge in [0.15, 0.2) is 0 Å². The zero-order valence-electron chi connectivity index (χ0n) is 10.2. The number of carbonyl (C=O) groups is 1. The molecule has 0 radical (unpaired) electrons. The monoisotopic (exact) mass is 225 g/mol. The van der Waals surface area contributed by atoms with Crippen LogP contribution in [-0.2, 0) is 4.79 Å². The summed E-state index contributed by atoms with van der Waals surface area (Å²) in [4.78, 5) is 14.0. The topological polar surface area (TPSA) is 44.4 Å². The van der Waals surface area contributed by atoms with Gasteiger partial charge in [-0.25, -0.2) is 0 Å². The molecule has 2 saturated heterocycles. The lowest BCUT2D eigenvalue weighted by Gasteiger charge is -2.30. The molecule has 2 heterocycles. The molecule has 4 heteroatoms. The molecule has 0 bridgehead atoms. The Hall–Kier alpha value is -0.610. The molecule has 2 fully saturated rings. The second-order valence-electron chi connectivity index (χ2n) is 5.21. The van der Waals surface area contributed by atoms with Crippen LogP contribution in [0.1, 0.15) is 19.3 Å². The minimum atomic E-state index is 0.231. The summed E-state index contributed by atoms with van der Waals surface area (Å²) in [5, 5.41) is 6.17. The van der Waals surface area contributed by atoms with Crippen LogP contribution < -0.4 is 10.6 Å². The molecule has 0 spiro atoms. The maximum absolute atomic E-state index is 11.6. The largest absolute Gasteiger partial charge is 0.356 e. The summed E-state index contributed by atoms with van der Waals surface area (Å²) in [5.41, 5.74) is 0. The molecule has 2 N–H and O–H groups in total. The minimum Gasteiger partial charge on any atom is -0.356 e. The Morgan fingerprint density at radius 3 is 2.94 bits per heavy atom. The third-order valence-corrected chi connectivity index (χ3v) is 3.73. The van der Waals surface area contributed by atoms with E-state index in [4.69, 9.17) is 0 Å². The van der Waals surface area contributed by atoms with Crippen molar-refractivity contribution in [1.82, 2.24) is 15.5 Å². The average molecular weight is 225 g/mol. The van der Waals surface area contributed by atoms with Gasteiger partial charge < -0.3 is 15.5 Å². The normalized spacial score (nSPS) is 27.4. The number of piperidine rings is 1. The van der Waals surface area contributed by atoms with Gasteiger partial charge >= 0.3 is 0 Å². The molecule has 16 heavy (non-hydrogen) atoms. The number of nitrogens with one attached hydrogen (secondary N) is 2. The molecule has 0 saturated carbocycles. The first kappa shape index (κ1) is 11.9. The molecule has 4 nitrogen and oxygen atoms in total. The lowest BCUT2D eigenvalue weighted by Crippen LogP contribution is -2.51. The molecule has 92 valence electrons. The SMILES string of the molecule is CN1CCCC(CCNC(=O)C2CNC2)C1. The Labute approximate surface area is 97.8 Å². The van der Waals surface area contributed by atoms with Crippen LogP contribution in [0.4, 0.5) is 0 Å². The van der Waals surface area contributed by atoms with E-state index in [2.05, 4.69) is 22.6 Å². The molecule has 1 amide bonds. The first-order valence-corrected chi connectivity index (χ1v) is 6.42. The molecule has 0 aromatic heterocycles. The van der Waals surface area contributed by atoms with Crippen LogP contribution in [0.5, 0.6) is 0 Å². The Morgan fingerprint density at radius 1 is 1.50 bits per heavy atom. The fraction of sp³-hybridized carbons (Fsp3) is 0.917. The van der Waals surface area contributed by atoms with Crippen LogP contribution in [0.3, 0.4) is 0 Å². The van der Waals surface area contributed by atoms with Gasteiger partial charge in [-0.05, 0) is 38.8 Å². The summed E-state index contributed by atoms with van der Waals surface area (Å²) in [6.45, 7) is 5.00. The first-order chi connectivity index (χ1) is 7.75. The van der Waals surface area contributed by atoms with Crippen LogP contribution >= 0.6 is 0 Å². The highest BCUT2D eigenvalue weighted by Crippen LogP contribution is 2.17. The van der Waals surface area contributed by atoms with E-state index >= 15 is 0 Å². The lowest BCUT2D eigenvalue weighted by atomic mass is 9.95. The number of carbonyl (C=O) groups excluding carboxylic acids is 1. The van der Waals surface area contributed by atoms with E-state index in [0.29, 0.717) is 0 Å². The van der Waals surface area contributed by atoms with E-state index in [9.17, 15) is 4.79 Å². The summed E-state index contributed by atoms with van der Waals surface area (Å²) in [5.74, 6) is 1.25. The molecular weight excluding hydrogens is 202 g/mol. The summed E-state index contributed by atoms with van der Waals surface area (Å²) >= 11 is 0. The summed E-state index contributed by atoms with van der Waals surface area (Å²) in [6.07, 6.45) is 3.77. The van der Waals surface area contributed by atoms with E-state index in [1.807, 2.05) is 0 Å². The quantitative estimate of drug-likeness (QED) is 0.711. The van der Waals surface area contributed by atoms with Crippen LogP contribution in [0.2, 0.25) is 0 Å². The molecule has 0 aromatic carbocycles. The number of amides is 1. The highest BCUT2D eigenvalue weighted by Gasteiger charge is 2.24. The molecule has 0 aromatic rings. The summed E-state index contributed by atoms with van der Waals surface area (Å²) < 4.78 is 0. The molecular formula is C12H23N3O. The summed E-state index contributed by atoms with van der Waals surface area (Å²) in [7, 11) is 2.19. The predicted octanol–water partition coefficient (Wildman–Crippen LogP) is 0.0539. The van der Waals surface area contributed by atoms with Gasteiger partial charge in [0.25, 0.3) is 0 Å². The van der Waals surface area contributed by atoms with Gasteiger partial charge in [-0.2, -0.15) is 0 Å². The zero-order chi connectivity index (χ0) is 11.4. The van der Waals surface area contributed by atoms with E-state index in [-0.39, 0.29) is 11.8 Å². The number of hydrogen-bond donors (Lipinski definition) is 2. The van der Waals surface area contributed by atoms with E-state index in [0.717, 1.165) is 32.0 Å². The Kier molecular flexibility index (Phi) is 4.18. The third kappa shape index (κ3) is 3.19. The lowest BCUT2D eigenvalue weighted by molar-refractivity contribution is -0.126. The molecule has 1 atom stereocenters. The molecule has 2 aliphatic heterocycles. The van der Waals surface area contributed by atoms with E-state index in [1.54, 1.807) is 0 Å². The highest BCUT2D eigenvalue weighted by molar-refractivity contribution is 5.79. The fourth-order valence-electron chi connectivity index (χ4n) is 2.53. The van der Waals surface area contributed by atoms with Gasteiger partial charge in [0.1, 0.15) is 0 Å². The average Bonchev–Trinajstić information content (AvgIpc) is 2.15. The summed E-state index contributed by atoms with van der Waals surface area (Å²) in [6, 6.07) is 0. The number of likely N-dealkylation sites (tertiary alicyclic amines) is 1. The number of rotatable bonds is 4. The van der Waals surface area contributed by atoms with Gasteiger partial charge in [0, 0.05) is 26.2 Å². The Morgan fingerprint density at radius 2 is 2.31 bits per heavy atom. The van der Waals surface area contributed by atoms with Crippen molar-refractivity contribution in [3.63, 3.8) is 0 Å². The standard InChI is InChI=1S/C12H23N3O/c1-15-6-2-3-10(9-15)4-5-14-12(16)11-7-13-8-11/h10-11,13H,2-9H2,1H3,(H,14,16). The fourth-order valence-corrected chi connectivity index (χ4v) is 2.53. The maximum Gasteiger partial charge on any atom is 0.225 e. The van der Waals surface area contributed by atoms with Crippen molar-refractivity contribution >= 4 is 5.91 Å². The van der Waals surface area contributed by atoms with Crippen molar-refractivity contribution in [1.29, 1.82) is 0 Å². The Bertz CT molecular complexity index is 240. The third-order valence-electron chi connectivity index (χ3n) is 3.73. The first-order valence-electron chi connectivity index (χ1n) is 6.42. The van der Waals surface area contributed by atoms with Gasteiger partial charge in [-0.15, -0.1) is 0 Å². The number of nitrogens with zero attached hydrogens (tertiary/aromatic N) is 1. The molecule has 2 aliphatic rings. The van der Waals surface area contributed by atoms with E-state index in [1.165, 1.54) is 25.9 Å². The van der Waals surface area contributed by atoms with Gasteiger partial charge in [-0.1, -0.05) is 0 Å². The predicted molar refractivity (Wildman–Crippen MR) is 64.2 cm³/mol. The highest BCUT2D eigenvalue weighted by atomic mass is 16.2. The smallest absolute Gasteiger partial charge is 0.225 e. The molecule has 1 unspecified atom stereocenters. The zero-order valence-corrected chi connectivity index (χ0v) is 10.2. The van der Waals surface area contributed by atoms with Crippen molar-refractivity contribution in [2.75, 3.05) is 39.8 Å². The second-order valence-corrected chi connectivity index (χ2v) is 5.21. The number of hydrogen-bond acceptors (Lipinski definition) is 3. The van der Waals surface area contributed by atoms with Crippen molar-refractivity contribution in [3.05, 3.63) is 0 Å². The molecule has 0 aliphatic carbocycles. The van der Waals surface area contributed by atoms with Crippen LogP contribution in [0.25, 0.3) is 0 Å². The van der Waals surface area contributed by atoms with Gasteiger partial charge in [-0.3, -0.25) is 4.79 Å². The maximum atomic E-state index is 11.6.